The molecule has 2 fully saturated rings. The number of likely N-dealkylation sites (N-methyl/N-ethyl adjacent to an activating group) is 2. The van der Waals surface area contributed by atoms with Gasteiger partial charge >= 0.3 is 0 Å². The lowest BCUT2D eigenvalue weighted by Gasteiger charge is -2.35. The highest BCUT2D eigenvalue weighted by atomic mass is 16.1. The lowest BCUT2D eigenvalue weighted by Crippen LogP contribution is -2.44. The van der Waals surface area contributed by atoms with E-state index >= 15 is 0 Å². The molecule has 17 nitrogen and oxygen atoms in total. The van der Waals surface area contributed by atoms with Gasteiger partial charge in [-0.1, -0.05) is 32.6 Å². The van der Waals surface area contributed by atoms with Crippen LogP contribution in [0.15, 0.2) is 110 Å². The zero-order valence-electron chi connectivity index (χ0n) is 40.9. The van der Waals surface area contributed by atoms with Crippen molar-refractivity contribution in [1.82, 2.24) is 49.3 Å². The Balaban J connectivity index is 0.000000175. The van der Waals surface area contributed by atoms with Gasteiger partial charge < -0.3 is 41.3 Å². The minimum Gasteiger partial charge on any atom is -0.397 e. The van der Waals surface area contributed by atoms with E-state index in [4.69, 9.17) is 5.73 Å². The maximum atomic E-state index is 12.3. The number of carbonyl (C=O) groups excluding carboxylic acids is 1. The number of nitrogen functional groups attached to an aromatic ring is 1. The predicted octanol–water partition coefficient (Wildman–Crippen LogP) is 7.88. The number of hydrogen-bond donors (Lipinski definition) is 4. The van der Waals surface area contributed by atoms with Gasteiger partial charge in [-0.25, -0.2) is 19.9 Å². The molecule has 6 heterocycles. The Labute approximate surface area is 409 Å². The first-order valence-electron chi connectivity index (χ1n) is 23.9. The highest BCUT2D eigenvalue weighted by Crippen LogP contribution is 2.37. The maximum absolute atomic E-state index is 12.3. The van der Waals surface area contributed by atoms with Crippen LogP contribution in [0.3, 0.4) is 0 Å². The van der Waals surface area contributed by atoms with E-state index in [1.54, 1.807) is 12.7 Å². The molecule has 0 radical (unpaired) electrons. The molecule has 17 heteroatoms. The Morgan fingerprint density at radius 1 is 0.600 bits per heavy atom. The van der Waals surface area contributed by atoms with Crippen LogP contribution in [-0.4, -0.2) is 122 Å². The van der Waals surface area contributed by atoms with Crippen molar-refractivity contribution in [3.8, 4) is 22.5 Å². The highest BCUT2D eigenvalue weighted by Gasteiger charge is 2.22. The molecule has 4 aromatic heterocycles. The smallest absolute Gasteiger partial charge is 0.247 e. The number of carbonyl (C=O) groups is 1. The number of nitrogens with one attached hydrogen (secondary N) is 3. The number of amides is 1. The maximum Gasteiger partial charge on any atom is 0.247 e. The summed E-state index contributed by atoms with van der Waals surface area (Å²) in [5.74, 6) is 1.19. The first-order chi connectivity index (χ1) is 34.0. The van der Waals surface area contributed by atoms with Gasteiger partial charge in [0.25, 0.3) is 0 Å². The average Bonchev–Trinajstić information content (AvgIpc) is 3.95. The fourth-order valence-corrected chi connectivity index (χ4v) is 9.10. The van der Waals surface area contributed by atoms with Crippen LogP contribution in [0.25, 0.3) is 44.3 Å². The highest BCUT2D eigenvalue weighted by molar-refractivity contribution is 6.02. The predicted molar refractivity (Wildman–Crippen MR) is 284 cm³/mol. The second-order valence-corrected chi connectivity index (χ2v) is 18.0. The number of nitrogens with zero attached hydrogens (tertiary/aromatic N) is 12. The summed E-state index contributed by atoms with van der Waals surface area (Å²) in [7, 11) is 8.17. The molecule has 2 aliphatic heterocycles. The minimum atomic E-state index is -0.235. The van der Waals surface area contributed by atoms with Crippen molar-refractivity contribution in [3.05, 3.63) is 122 Å². The third-order valence-electron chi connectivity index (χ3n) is 13.3. The van der Waals surface area contributed by atoms with E-state index in [2.05, 4.69) is 137 Å². The summed E-state index contributed by atoms with van der Waals surface area (Å²) in [5.41, 5.74) is 20.3. The SMILES string of the molecule is C=CC(=O)Nc1cc(Nc2cc(-c3ccc4c(cnn4C)c3)ncn2)c(CC)cc1N1CCN(C)CC1.CCc1cc(N2CCN(C)CC2)c(N)cc1Nc1cc(-c2ccc3c(cnn3C)c2)ncn1. The molecular formula is C53H62N16O. The molecule has 5 N–H and O–H groups in total. The summed E-state index contributed by atoms with van der Waals surface area (Å²) in [6.07, 6.45) is 9.91. The molecule has 0 bridgehead atoms. The zero-order chi connectivity index (χ0) is 48.9. The third kappa shape index (κ3) is 10.4. The van der Waals surface area contributed by atoms with Crippen molar-refractivity contribution in [2.45, 2.75) is 26.7 Å². The molecular weight excluding hydrogens is 877 g/mol. The quantitative estimate of drug-likeness (QED) is 0.0687. The molecule has 0 saturated carbocycles. The summed E-state index contributed by atoms with van der Waals surface area (Å²) in [5, 5.41) is 20.8. The molecule has 0 spiro atoms. The molecule has 2 saturated heterocycles. The molecule has 360 valence electrons. The first kappa shape index (κ1) is 47.2. The number of anilines is 8. The Kier molecular flexibility index (Phi) is 14.0. The van der Waals surface area contributed by atoms with Crippen LogP contribution in [0, 0.1) is 0 Å². The topological polar surface area (TPSA) is 179 Å². The lowest BCUT2D eigenvalue weighted by atomic mass is 10.1. The Hall–Kier alpha value is -7.89. The van der Waals surface area contributed by atoms with Gasteiger partial charge in [0.1, 0.15) is 24.3 Å². The number of piperazine rings is 2. The number of fused-ring (bicyclic) bond motifs is 2. The van der Waals surface area contributed by atoms with E-state index in [0.29, 0.717) is 5.82 Å². The monoisotopic (exact) mass is 939 g/mol. The van der Waals surface area contributed by atoms with Crippen molar-refractivity contribution in [2.75, 3.05) is 97.9 Å². The van der Waals surface area contributed by atoms with E-state index in [-0.39, 0.29) is 5.91 Å². The van der Waals surface area contributed by atoms with Gasteiger partial charge in [-0.3, -0.25) is 14.2 Å². The van der Waals surface area contributed by atoms with E-state index in [1.807, 2.05) is 72.3 Å². The van der Waals surface area contributed by atoms with E-state index < -0.39 is 0 Å². The van der Waals surface area contributed by atoms with Gasteiger partial charge in [0, 0.05) is 112 Å². The second-order valence-electron chi connectivity index (χ2n) is 18.0. The summed E-state index contributed by atoms with van der Waals surface area (Å²) >= 11 is 0. The summed E-state index contributed by atoms with van der Waals surface area (Å²) in [6.45, 7) is 15.8. The number of benzene rings is 4. The van der Waals surface area contributed by atoms with Gasteiger partial charge in [-0.05, 0) is 92.7 Å². The Morgan fingerprint density at radius 2 is 1.07 bits per heavy atom. The van der Waals surface area contributed by atoms with Gasteiger partial charge in [0.15, 0.2) is 0 Å². The molecule has 70 heavy (non-hydrogen) atoms. The van der Waals surface area contributed by atoms with Gasteiger partial charge in [0.2, 0.25) is 5.91 Å². The largest absolute Gasteiger partial charge is 0.397 e. The lowest BCUT2D eigenvalue weighted by molar-refractivity contribution is -0.111. The molecule has 8 aromatic rings. The van der Waals surface area contributed by atoms with E-state index in [9.17, 15) is 4.79 Å². The first-order valence-corrected chi connectivity index (χ1v) is 23.9. The third-order valence-corrected chi connectivity index (χ3v) is 13.3. The van der Waals surface area contributed by atoms with Crippen LogP contribution in [0.4, 0.5) is 45.8 Å². The van der Waals surface area contributed by atoms with E-state index in [0.717, 1.165) is 155 Å². The fraction of sp³-hybridized carbons (Fsp3) is 0.302. The summed E-state index contributed by atoms with van der Waals surface area (Å²) in [6, 6.07) is 24.8. The Bertz CT molecular complexity index is 3160. The molecule has 0 aliphatic carbocycles. The van der Waals surface area contributed by atoms with Gasteiger partial charge in [-0.2, -0.15) is 10.2 Å². The van der Waals surface area contributed by atoms with Crippen LogP contribution < -0.4 is 31.5 Å². The second kappa shape index (κ2) is 20.8. The van der Waals surface area contributed by atoms with Crippen LogP contribution in [0.5, 0.6) is 0 Å². The van der Waals surface area contributed by atoms with Crippen molar-refractivity contribution in [1.29, 1.82) is 0 Å². The zero-order valence-corrected chi connectivity index (χ0v) is 40.9. The van der Waals surface area contributed by atoms with Crippen LogP contribution in [-0.2, 0) is 31.7 Å². The summed E-state index contributed by atoms with van der Waals surface area (Å²) < 4.78 is 3.72. The number of rotatable bonds is 12. The number of nitrogens with two attached hydrogens (primary N) is 1. The van der Waals surface area contributed by atoms with Crippen LogP contribution >= 0.6 is 0 Å². The molecule has 1 amide bonds. The van der Waals surface area contributed by atoms with E-state index in [1.165, 1.54) is 11.6 Å². The number of aromatic nitrogens is 8. The van der Waals surface area contributed by atoms with Crippen molar-refractivity contribution >= 4 is 73.5 Å². The molecule has 0 unspecified atom stereocenters. The van der Waals surface area contributed by atoms with Crippen molar-refractivity contribution < 1.29 is 4.79 Å². The average molecular weight is 939 g/mol. The summed E-state index contributed by atoms with van der Waals surface area (Å²) in [4.78, 5) is 39.6. The van der Waals surface area contributed by atoms with Gasteiger partial charge in [-0.15, -0.1) is 0 Å². The molecule has 10 rings (SSSR count). The number of hydrogen-bond acceptors (Lipinski definition) is 14. The normalized spacial score (nSPS) is 14.4. The molecule has 0 atom stereocenters. The van der Waals surface area contributed by atoms with Crippen molar-refractivity contribution in [3.63, 3.8) is 0 Å². The number of aryl methyl sites for hydroxylation is 4. The van der Waals surface area contributed by atoms with Gasteiger partial charge in [0.05, 0.1) is 57.6 Å². The van der Waals surface area contributed by atoms with Crippen LogP contribution in [0.1, 0.15) is 25.0 Å². The van der Waals surface area contributed by atoms with Crippen LogP contribution in [0.2, 0.25) is 0 Å². The molecule has 4 aromatic carbocycles. The molecule has 2 aliphatic rings. The standard InChI is InChI=1S/C28H32N8O.C25H30N8/c1-5-19-14-26(36-11-9-34(3)10-12-36)24(33-28(37)6-2)15-23(19)32-27-16-22(29-18-30-27)20-7-8-25-21(13-20)17-31-35(25)4;1-4-17-12-24(33-9-7-31(2)8-10-33)20(26)13-22(17)30-25-14-21(27-16-28-25)18-5-6-23-19(11-18)15-29-32(23)3/h6-8,13-18H,2,5,9-12H2,1,3-4H3,(H,33,37)(H,29,30,32);5-6,11-16H,4,7-10,26H2,1-3H3,(H,27,28,30). The minimum absolute atomic E-state index is 0.235. The van der Waals surface area contributed by atoms with Crippen molar-refractivity contribution in [2.24, 2.45) is 14.1 Å². The fourth-order valence-electron chi connectivity index (χ4n) is 9.10. The Morgan fingerprint density at radius 3 is 1.56 bits per heavy atom.